The number of rotatable bonds is 11. The van der Waals surface area contributed by atoms with E-state index in [1.54, 1.807) is 0 Å². The Labute approximate surface area is 339 Å². The van der Waals surface area contributed by atoms with Crippen LogP contribution in [0.15, 0.2) is 170 Å². The van der Waals surface area contributed by atoms with Crippen molar-refractivity contribution in [1.82, 2.24) is 4.57 Å². The lowest BCUT2D eigenvalue weighted by molar-refractivity contribution is 0.131. The second kappa shape index (κ2) is 15.8. The van der Waals surface area contributed by atoms with E-state index in [1.807, 2.05) is 0 Å². The van der Waals surface area contributed by atoms with Crippen molar-refractivity contribution >= 4 is 38.9 Å². The van der Waals surface area contributed by atoms with Gasteiger partial charge >= 0.3 is 0 Å². The zero-order valence-electron chi connectivity index (χ0n) is 34.4. The fourth-order valence-corrected chi connectivity index (χ4v) is 8.31. The minimum Gasteiger partial charge on any atom is -0.488 e. The first-order chi connectivity index (χ1) is 27.5. The molecule has 0 fully saturated rings. The number of benzene rings is 7. The zero-order valence-corrected chi connectivity index (χ0v) is 34.4. The summed E-state index contributed by atoms with van der Waals surface area (Å²) in [4.78, 5) is 2.31. The van der Waals surface area contributed by atoms with E-state index >= 15 is 0 Å². The molecule has 0 saturated heterocycles. The topological polar surface area (TPSA) is 17.4 Å². The summed E-state index contributed by atoms with van der Waals surface area (Å²) in [6, 6.07) is 61.9. The van der Waals surface area contributed by atoms with Crippen LogP contribution in [-0.4, -0.2) is 10.2 Å². The van der Waals surface area contributed by atoms with Crippen LogP contribution in [0.5, 0.6) is 5.75 Å². The van der Waals surface area contributed by atoms with E-state index in [2.05, 4.69) is 228 Å². The van der Waals surface area contributed by atoms with E-state index in [9.17, 15) is 0 Å². The number of anilines is 3. The molecule has 0 radical (unpaired) electrons. The molecule has 1 unspecified atom stereocenters. The largest absolute Gasteiger partial charge is 0.488 e. The van der Waals surface area contributed by atoms with Crippen LogP contribution in [0, 0.1) is 11.8 Å². The molecule has 1 aromatic heterocycles. The van der Waals surface area contributed by atoms with Gasteiger partial charge in [-0.25, -0.2) is 0 Å². The van der Waals surface area contributed by atoms with E-state index in [-0.39, 0.29) is 5.60 Å². The quantitative estimate of drug-likeness (QED) is 0.131. The molecule has 0 bridgehead atoms. The van der Waals surface area contributed by atoms with Crippen molar-refractivity contribution < 1.29 is 4.74 Å². The Kier molecular flexibility index (Phi) is 10.5. The minimum atomic E-state index is -0.261. The van der Waals surface area contributed by atoms with Gasteiger partial charge in [0.1, 0.15) is 11.4 Å². The highest BCUT2D eigenvalue weighted by atomic mass is 16.5. The molecule has 3 nitrogen and oxygen atoms in total. The Bertz CT molecular complexity index is 2540. The molecule has 0 N–H and O–H groups in total. The number of hydrogen-bond acceptors (Lipinski definition) is 2. The fourth-order valence-electron chi connectivity index (χ4n) is 8.31. The molecule has 3 heteroatoms. The molecular formula is C54H54N2O. The molecule has 57 heavy (non-hydrogen) atoms. The molecule has 7 aromatic carbocycles. The highest BCUT2D eigenvalue weighted by Crippen LogP contribution is 2.40. The minimum absolute atomic E-state index is 0.261. The predicted molar refractivity (Wildman–Crippen MR) is 244 cm³/mol. The summed E-state index contributed by atoms with van der Waals surface area (Å²) in [6.45, 7) is 15.6. The van der Waals surface area contributed by atoms with Gasteiger partial charge in [-0.1, -0.05) is 113 Å². The van der Waals surface area contributed by atoms with Gasteiger partial charge in [-0.3, -0.25) is 0 Å². The fraction of sp³-hybridized carbons (Fsp3) is 0.222. The van der Waals surface area contributed by atoms with Crippen LogP contribution in [0.1, 0.15) is 66.4 Å². The third kappa shape index (κ3) is 8.11. The van der Waals surface area contributed by atoms with Crippen molar-refractivity contribution in [2.75, 3.05) is 4.90 Å². The molecule has 286 valence electrons. The van der Waals surface area contributed by atoms with Crippen LogP contribution in [-0.2, 0) is 0 Å². The van der Waals surface area contributed by atoms with Crippen molar-refractivity contribution in [1.29, 1.82) is 0 Å². The monoisotopic (exact) mass is 746 g/mol. The van der Waals surface area contributed by atoms with E-state index in [1.165, 1.54) is 56.0 Å². The van der Waals surface area contributed by atoms with Gasteiger partial charge in [-0.15, -0.1) is 0 Å². The second-order valence-electron chi connectivity index (χ2n) is 17.2. The Morgan fingerprint density at radius 3 is 1.42 bits per heavy atom. The van der Waals surface area contributed by atoms with Crippen molar-refractivity contribution in [3.05, 3.63) is 175 Å². The third-order valence-electron chi connectivity index (χ3n) is 11.0. The number of aromatic nitrogens is 1. The SMILES string of the molecule is CC(C)CC(c1ccc(-c2ccc3c(c2)c2cc(-c4ccc(N(c5ccccc5)c5ccccc5)cc4)ccc2n3-c2ccc(OC(C)(C)C)cc2)cc1)C(C)C. The predicted octanol–water partition coefficient (Wildman–Crippen LogP) is 15.6. The Hall–Kier alpha value is -6.06. The van der Waals surface area contributed by atoms with Crippen molar-refractivity contribution in [3.8, 4) is 33.7 Å². The van der Waals surface area contributed by atoms with Crippen LogP contribution >= 0.6 is 0 Å². The molecule has 0 spiro atoms. The molecule has 0 aliphatic carbocycles. The van der Waals surface area contributed by atoms with Crippen LogP contribution < -0.4 is 9.64 Å². The van der Waals surface area contributed by atoms with E-state index < -0.39 is 0 Å². The van der Waals surface area contributed by atoms with Gasteiger partial charge in [-0.05, 0) is 158 Å². The Balaban J connectivity index is 1.21. The van der Waals surface area contributed by atoms with Crippen LogP contribution in [0.25, 0.3) is 49.7 Å². The van der Waals surface area contributed by atoms with E-state index in [0.29, 0.717) is 17.8 Å². The second-order valence-corrected chi connectivity index (χ2v) is 17.2. The molecule has 0 saturated carbocycles. The summed E-state index contributed by atoms with van der Waals surface area (Å²) in [7, 11) is 0. The number of fused-ring (bicyclic) bond motifs is 3. The molecule has 0 amide bonds. The molecular weight excluding hydrogens is 693 g/mol. The van der Waals surface area contributed by atoms with Crippen molar-refractivity contribution in [2.45, 2.75) is 66.4 Å². The van der Waals surface area contributed by atoms with Crippen LogP contribution in [0.2, 0.25) is 0 Å². The number of ether oxygens (including phenoxy) is 1. The summed E-state index contributed by atoms with van der Waals surface area (Å²) >= 11 is 0. The highest BCUT2D eigenvalue weighted by molar-refractivity contribution is 6.11. The van der Waals surface area contributed by atoms with Crippen LogP contribution in [0.4, 0.5) is 17.1 Å². The summed E-state index contributed by atoms with van der Waals surface area (Å²) in [5.74, 6) is 2.70. The number of hydrogen-bond donors (Lipinski definition) is 0. The number of para-hydroxylation sites is 2. The smallest absolute Gasteiger partial charge is 0.120 e. The molecule has 1 heterocycles. The van der Waals surface area contributed by atoms with Gasteiger partial charge in [-0.2, -0.15) is 0 Å². The maximum Gasteiger partial charge on any atom is 0.120 e. The van der Waals surface area contributed by atoms with E-state index in [4.69, 9.17) is 4.74 Å². The maximum atomic E-state index is 6.19. The lowest BCUT2D eigenvalue weighted by Gasteiger charge is -2.25. The van der Waals surface area contributed by atoms with Crippen LogP contribution in [0.3, 0.4) is 0 Å². The Morgan fingerprint density at radius 1 is 0.509 bits per heavy atom. The van der Waals surface area contributed by atoms with Crippen molar-refractivity contribution in [3.63, 3.8) is 0 Å². The summed E-state index contributed by atoms with van der Waals surface area (Å²) in [5.41, 5.74) is 12.9. The molecule has 8 aromatic rings. The first-order valence-corrected chi connectivity index (χ1v) is 20.5. The van der Waals surface area contributed by atoms with Gasteiger partial charge in [0, 0.05) is 33.5 Å². The van der Waals surface area contributed by atoms with Crippen molar-refractivity contribution in [2.24, 2.45) is 11.8 Å². The summed E-state index contributed by atoms with van der Waals surface area (Å²) < 4.78 is 8.59. The first kappa shape index (κ1) is 37.8. The molecule has 8 rings (SSSR count). The molecule has 1 atom stereocenters. The summed E-state index contributed by atoms with van der Waals surface area (Å²) in [5, 5.41) is 2.46. The average molecular weight is 747 g/mol. The first-order valence-electron chi connectivity index (χ1n) is 20.5. The van der Waals surface area contributed by atoms with E-state index in [0.717, 1.165) is 28.5 Å². The average Bonchev–Trinajstić information content (AvgIpc) is 3.54. The van der Waals surface area contributed by atoms with Gasteiger partial charge in [0.05, 0.1) is 11.0 Å². The van der Waals surface area contributed by atoms with Gasteiger partial charge < -0.3 is 14.2 Å². The normalized spacial score (nSPS) is 12.4. The Morgan fingerprint density at radius 2 is 0.965 bits per heavy atom. The molecule has 0 aliphatic rings. The summed E-state index contributed by atoms with van der Waals surface area (Å²) in [6.07, 6.45) is 1.20. The van der Waals surface area contributed by atoms with Gasteiger partial charge in [0.25, 0.3) is 0 Å². The standard InChI is InChI=1S/C54H54N2O/c1-37(2)34-49(38(3)4)41-20-18-39(19-21-41)42-24-32-52-50(35-42)51-36-43(25-33-53(51)56(52)47-28-30-48(31-29-47)57-54(5,6)7)40-22-26-46(27-23-40)55(44-14-10-8-11-15-44)45-16-12-9-13-17-45/h8-33,35-38,49H,34H2,1-7H3. The number of nitrogens with zero attached hydrogens (tertiary/aromatic N) is 2. The maximum absolute atomic E-state index is 6.19. The highest BCUT2D eigenvalue weighted by Gasteiger charge is 2.19. The lowest BCUT2D eigenvalue weighted by Crippen LogP contribution is -2.22. The van der Waals surface area contributed by atoms with Gasteiger partial charge in [0.2, 0.25) is 0 Å². The lowest BCUT2D eigenvalue weighted by atomic mass is 9.82. The van der Waals surface area contributed by atoms with Gasteiger partial charge in [0.15, 0.2) is 0 Å². The third-order valence-corrected chi connectivity index (χ3v) is 11.0. The zero-order chi connectivity index (χ0) is 39.7. The molecule has 0 aliphatic heterocycles.